The van der Waals surface area contributed by atoms with Gasteiger partial charge in [0, 0.05) is 36.1 Å². The summed E-state index contributed by atoms with van der Waals surface area (Å²) in [7, 11) is 0. The maximum Gasteiger partial charge on any atom is 0.414 e. The summed E-state index contributed by atoms with van der Waals surface area (Å²) in [5.74, 6) is -0.750. The third-order valence-electron chi connectivity index (χ3n) is 5.27. The average molecular weight is 465 g/mol. The van der Waals surface area contributed by atoms with Crippen LogP contribution in [0.25, 0.3) is 0 Å². The molecule has 10 heteroatoms. The maximum absolute atomic E-state index is 14.7. The van der Waals surface area contributed by atoms with Crippen molar-refractivity contribution in [3.8, 4) is 0 Å². The number of nitrogens with zero attached hydrogens (tertiary/aromatic N) is 2. The smallest absolute Gasteiger partial charge is 0.414 e. The Morgan fingerprint density at radius 1 is 1.26 bits per heavy atom. The second-order valence-corrected chi connectivity index (χ2v) is 8.28. The van der Waals surface area contributed by atoms with Gasteiger partial charge in [-0.1, -0.05) is 11.6 Å². The van der Waals surface area contributed by atoms with Gasteiger partial charge >= 0.3 is 6.09 Å². The molecule has 2 aliphatic heterocycles. The molecule has 164 valence electrons. The number of piperazine rings is 1. The lowest BCUT2D eigenvalue weighted by molar-refractivity contribution is 0.0913. The molecule has 0 bridgehead atoms. The fraction of sp³-hybridized carbons (Fsp3) is 0.333. The Bertz CT molecular complexity index is 1000. The number of hydrogen-bond donors (Lipinski definition) is 3. The number of hydrogen-bond acceptors (Lipinski definition) is 6. The molecule has 31 heavy (non-hydrogen) atoms. The van der Waals surface area contributed by atoms with Gasteiger partial charge in [0.15, 0.2) is 0 Å². The van der Waals surface area contributed by atoms with Crippen LogP contribution >= 0.6 is 24.2 Å². The zero-order valence-corrected chi connectivity index (χ0v) is 18.3. The molecule has 2 saturated heterocycles. The quantitative estimate of drug-likeness (QED) is 0.593. The van der Waals surface area contributed by atoms with Crippen molar-refractivity contribution < 1.29 is 18.7 Å². The lowest BCUT2D eigenvalue weighted by atomic mass is 10.2. The van der Waals surface area contributed by atoms with Gasteiger partial charge in [-0.05, 0) is 36.4 Å². The van der Waals surface area contributed by atoms with Gasteiger partial charge in [0.2, 0.25) is 0 Å². The van der Waals surface area contributed by atoms with Gasteiger partial charge in [-0.2, -0.15) is 0 Å². The Morgan fingerprint density at radius 2 is 2.03 bits per heavy atom. The fourth-order valence-corrected chi connectivity index (χ4v) is 4.07. The standard InChI is InChI=1S/C21H22ClFN4O3S/c22-13-1-4-19(31)16(9-13)20(28)25-11-15-12-27(21(29)30-15)14-2-3-18(17(23)10-14)26-7-5-24-6-8-26/h1-4,9-10,15,24,31H,5-8,11-12H2,(H,25,28)/t15-/m0/s1. The first-order valence-electron chi connectivity index (χ1n) is 9.92. The van der Waals surface area contributed by atoms with Crippen molar-refractivity contribution in [2.45, 2.75) is 11.0 Å². The van der Waals surface area contributed by atoms with Crippen molar-refractivity contribution in [3.05, 3.63) is 52.8 Å². The normalized spacial score (nSPS) is 18.8. The predicted molar refractivity (Wildman–Crippen MR) is 120 cm³/mol. The number of halogens is 2. The molecule has 2 aromatic rings. The lowest BCUT2D eigenvalue weighted by Gasteiger charge is -2.30. The van der Waals surface area contributed by atoms with E-state index in [0.717, 1.165) is 26.2 Å². The molecular weight excluding hydrogens is 443 g/mol. The summed E-state index contributed by atoms with van der Waals surface area (Å²) in [5.41, 5.74) is 1.27. The average Bonchev–Trinajstić information content (AvgIpc) is 3.14. The second-order valence-electron chi connectivity index (χ2n) is 7.36. The van der Waals surface area contributed by atoms with Crippen LogP contribution in [-0.4, -0.2) is 57.4 Å². The molecule has 0 radical (unpaired) electrons. The van der Waals surface area contributed by atoms with E-state index >= 15 is 0 Å². The first kappa shape index (κ1) is 21.7. The maximum atomic E-state index is 14.7. The highest BCUT2D eigenvalue weighted by Gasteiger charge is 2.33. The van der Waals surface area contributed by atoms with Crippen LogP contribution in [0.15, 0.2) is 41.3 Å². The molecule has 0 spiro atoms. The molecule has 0 saturated carbocycles. The van der Waals surface area contributed by atoms with E-state index in [1.807, 2.05) is 4.90 Å². The van der Waals surface area contributed by atoms with Crippen molar-refractivity contribution in [1.29, 1.82) is 0 Å². The molecule has 7 nitrogen and oxygen atoms in total. The summed E-state index contributed by atoms with van der Waals surface area (Å²) in [6.07, 6.45) is -1.14. The van der Waals surface area contributed by atoms with Crippen molar-refractivity contribution >= 4 is 47.6 Å². The third-order valence-corrected chi connectivity index (χ3v) is 5.89. The monoisotopic (exact) mass is 464 g/mol. The Balaban J connectivity index is 1.38. The summed E-state index contributed by atoms with van der Waals surface area (Å²) in [4.78, 5) is 28.6. The number of ether oxygens (including phenoxy) is 1. The summed E-state index contributed by atoms with van der Waals surface area (Å²) in [6, 6.07) is 9.54. The van der Waals surface area contributed by atoms with Crippen LogP contribution < -0.4 is 20.4 Å². The highest BCUT2D eigenvalue weighted by molar-refractivity contribution is 7.80. The van der Waals surface area contributed by atoms with E-state index in [-0.39, 0.29) is 24.8 Å². The Labute approximate surface area is 189 Å². The van der Waals surface area contributed by atoms with Gasteiger partial charge in [0.25, 0.3) is 5.91 Å². The highest BCUT2D eigenvalue weighted by atomic mass is 35.5. The number of anilines is 2. The van der Waals surface area contributed by atoms with E-state index in [4.69, 9.17) is 16.3 Å². The van der Waals surface area contributed by atoms with E-state index in [1.54, 1.807) is 24.3 Å². The van der Waals surface area contributed by atoms with Crippen molar-refractivity contribution in [2.24, 2.45) is 0 Å². The molecule has 0 unspecified atom stereocenters. The molecule has 2 aromatic carbocycles. The van der Waals surface area contributed by atoms with Gasteiger partial charge in [0.05, 0.1) is 30.0 Å². The van der Waals surface area contributed by atoms with Gasteiger partial charge in [-0.15, -0.1) is 12.6 Å². The summed E-state index contributed by atoms with van der Waals surface area (Å²) in [6.45, 7) is 3.37. The van der Waals surface area contributed by atoms with Crippen LogP contribution in [0.1, 0.15) is 10.4 Å². The minimum Gasteiger partial charge on any atom is -0.442 e. The minimum absolute atomic E-state index is 0.113. The molecule has 2 fully saturated rings. The van der Waals surface area contributed by atoms with E-state index in [2.05, 4.69) is 23.3 Å². The number of thiol groups is 1. The lowest BCUT2D eigenvalue weighted by Crippen LogP contribution is -2.43. The number of carbonyl (C=O) groups is 2. The Morgan fingerprint density at radius 3 is 2.77 bits per heavy atom. The number of amides is 2. The minimum atomic E-state index is -0.578. The first-order valence-corrected chi connectivity index (χ1v) is 10.7. The van der Waals surface area contributed by atoms with Crippen LogP contribution in [-0.2, 0) is 4.74 Å². The van der Waals surface area contributed by atoms with Crippen LogP contribution in [0.4, 0.5) is 20.6 Å². The SMILES string of the molecule is O=C(NC[C@H]1CN(c2ccc(N3CCNCC3)c(F)c2)C(=O)O1)c1cc(Cl)ccc1S. The molecular formula is C21H22ClFN4O3S. The zero-order chi connectivity index (χ0) is 22.0. The van der Waals surface area contributed by atoms with Gasteiger partial charge < -0.3 is 20.3 Å². The molecule has 2 amide bonds. The molecule has 4 rings (SSSR count). The van der Waals surface area contributed by atoms with E-state index in [1.165, 1.54) is 17.0 Å². The molecule has 1 atom stereocenters. The van der Waals surface area contributed by atoms with Crippen molar-refractivity contribution in [2.75, 3.05) is 49.1 Å². The van der Waals surface area contributed by atoms with Crippen LogP contribution in [0.2, 0.25) is 5.02 Å². The van der Waals surface area contributed by atoms with Gasteiger partial charge in [-0.25, -0.2) is 9.18 Å². The summed E-state index contributed by atoms with van der Waals surface area (Å²) < 4.78 is 20.0. The number of carbonyl (C=O) groups excluding carboxylic acids is 2. The topological polar surface area (TPSA) is 73.9 Å². The van der Waals surface area contributed by atoms with Crippen LogP contribution in [0.5, 0.6) is 0 Å². The summed E-state index contributed by atoms with van der Waals surface area (Å²) in [5, 5.41) is 6.38. The van der Waals surface area contributed by atoms with E-state index in [0.29, 0.717) is 26.9 Å². The Hall–Kier alpha value is -2.49. The fourth-order valence-electron chi connectivity index (χ4n) is 3.66. The summed E-state index contributed by atoms with van der Waals surface area (Å²) >= 11 is 10.2. The predicted octanol–water partition coefficient (Wildman–Crippen LogP) is 2.93. The van der Waals surface area contributed by atoms with Gasteiger partial charge in [-0.3, -0.25) is 9.69 Å². The van der Waals surface area contributed by atoms with Gasteiger partial charge in [0.1, 0.15) is 11.9 Å². The molecule has 2 N–H and O–H groups in total. The van der Waals surface area contributed by atoms with E-state index < -0.39 is 12.2 Å². The molecule has 0 aromatic heterocycles. The number of benzene rings is 2. The number of rotatable bonds is 5. The van der Waals surface area contributed by atoms with E-state index in [9.17, 15) is 14.0 Å². The first-order chi connectivity index (χ1) is 14.9. The highest BCUT2D eigenvalue weighted by Crippen LogP contribution is 2.28. The third kappa shape index (κ3) is 4.89. The van der Waals surface area contributed by atoms with Crippen LogP contribution in [0.3, 0.4) is 0 Å². The number of cyclic esters (lactones) is 1. The van der Waals surface area contributed by atoms with Crippen LogP contribution in [0, 0.1) is 5.82 Å². The molecule has 2 heterocycles. The largest absolute Gasteiger partial charge is 0.442 e. The number of nitrogens with one attached hydrogen (secondary N) is 2. The van der Waals surface area contributed by atoms with Crippen molar-refractivity contribution in [3.63, 3.8) is 0 Å². The molecule has 2 aliphatic rings. The zero-order valence-electron chi connectivity index (χ0n) is 16.6. The Kier molecular flexibility index (Phi) is 6.54. The molecule has 0 aliphatic carbocycles. The van der Waals surface area contributed by atoms with Crippen molar-refractivity contribution in [1.82, 2.24) is 10.6 Å². The second kappa shape index (κ2) is 9.33.